The van der Waals surface area contributed by atoms with Gasteiger partial charge in [-0.15, -0.1) is 0 Å². The van der Waals surface area contributed by atoms with Crippen LogP contribution in [0.3, 0.4) is 0 Å². The monoisotopic (exact) mass is 1080 g/mol. The topological polar surface area (TPSA) is 155 Å². The molecule has 3 unspecified atom stereocenters. The molecule has 3 atom stereocenters. The Bertz CT molecular complexity index is 1640. The van der Waals surface area contributed by atoms with E-state index in [1.165, 1.54) is 83.5 Å². The van der Waals surface area contributed by atoms with Crippen LogP contribution >= 0.6 is 7.82 Å². The number of phosphoric acid groups is 1. The molecule has 0 aromatic carbocycles. The lowest BCUT2D eigenvalue weighted by molar-refractivity contribution is -0.161. The normalized spacial score (nSPS) is 14.0. The van der Waals surface area contributed by atoms with Gasteiger partial charge < -0.3 is 24.2 Å². The first-order valence-corrected chi connectivity index (χ1v) is 31.6. The minimum atomic E-state index is -4.77. The van der Waals surface area contributed by atoms with Gasteiger partial charge in [-0.25, -0.2) is 4.57 Å². The maximum Gasteiger partial charge on any atom is 0.472 e. The predicted octanol–water partition coefficient (Wildman–Crippen LogP) is 18.0. The van der Waals surface area contributed by atoms with Gasteiger partial charge in [-0.1, -0.05) is 246 Å². The van der Waals surface area contributed by atoms with E-state index < -0.39 is 57.8 Å². The van der Waals surface area contributed by atoms with Crippen LogP contribution in [0.1, 0.15) is 252 Å². The van der Waals surface area contributed by atoms with E-state index in [1.807, 2.05) is 12.2 Å². The van der Waals surface area contributed by atoms with Crippen molar-refractivity contribution in [3.63, 3.8) is 0 Å². The molecule has 0 aliphatic carbocycles. The third-order valence-electron chi connectivity index (χ3n) is 12.5. The number of phosphoric ester groups is 1. The molecule has 76 heavy (non-hydrogen) atoms. The van der Waals surface area contributed by atoms with E-state index in [2.05, 4.69) is 106 Å². The molecule has 11 nitrogen and oxygen atoms in total. The Labute approximate surface area is 463 Å². The molecule has 0 amide bonds. The summed E-state index contributed by atoms with van der Waals surface area (Å²) in [5, 5.41) is 9.80. The van der Waals surface area contributed by atoms with Gasteiger partial charge in [0.2, 0.25) is 0 Å². The van der Waals surface area contributed by atoms with Crippen molar-refractivity contribution >= 4 is 25.7 Å². The predicted molar refractivity (Wildman–Crippen MR) is 316 cm³/mol. The molecular weight excluding hydrogens is 976 g/mol. The molecule has 0 fully saturated rings. The molecule has 12 heteroatoms. The largest absolute Gasteiger partial charge is 0.472 e. The second kappa shape index (κ2) is 57.6. The Morgan fingerprint density at radius 1 is 0.382 bits per heavy atom. The number of aliphatic hydroxyl groups is 1. The van der Waals surface area contributed by atoms with Crippen molar-refractivity contribution in [2.75, 3.05) is 26.4 Å². The summed E-state index contributed by atoms with van der Waals surface area (Å²) in [5.74, 6) is -1.56. The molecule has 0 saturated carbocycles. The lowest BCUT2D eigenvalue weighted by atomic mass is 10.0. The SMILES string of the molecule is CC/C=C\C/C=C\C/C=C\C/C=C\CCCCCCCCC(=O)OC(COC(=O)CCCCCCCCCCCCCCCCCCC)COP(=O)(O)OCC(CO)OC(=O)CC/C=C\C/C=C\C/C=C\C/C=C\CC. The van der Waals surface area contributed by atoms with Crippen molar-refractivity contribution in [1.82, 2.24) is 0 Å². The summed E-state index contributed by atoms with van der Waals surface area (Å²) in [6.45, 7) is 4.34. The highest BCUT2D eigenvalue weighted by Gasteiger charge is 2.28. The van der Waals surface area contributed by atoms with E-state index in [-0.39, 0.29) is 25.9 Å². The van der Waals surface area contributed by atoms with Crippen molar-refractivity contribution in [1.29, 1.82) is 0 Å². The van der Waals surface area contributed by atoms with E-state index in [1.54, 1.807) is 0 Å². The molecule has 0 radical (unpaired) electrons. The number of hydrogen-bond donors (Lipinski definition) is 2. The fourth-order valence-corrected chi connectivity index (χ4v) is 8.79. The van der Waals surface area contributed by atoms with Gasteiger partial charge in [0.25, 0.3) is 0 Å². The number of carbonyl (C=O) groups is 3. The van der Waals surface area contributed by atoms with Crippen molar-refractivity contribution < 1.29 is 52.2 Å². The van der Waals surface area contributed by atoms with Crippen LogP contribution in [-0.2, 0) is 42.2 Å². The molecule has 0 aliphatic heterocycles. The second-order valence-electron chi connectivity index (χ2n) is 19.8. The van der Waals surface area contributed by atoms with E-state index in [0.29, 0.717) is 19.3 Å². The first-order valence-electron chi connectivity index (χ1n) is 30.1. The molecule has 0 saturated heterocycles. The Balaban J connectivity index is 4.79. The maximum absolute atomic E-state index is 12.9. The number of rotatable bonds is 55. The fourth-order valence-electron chi connectivity index (χ4n) is 8.01. The lowest BCUT2D eigenvalue weighted by Crippen LogP contribution is -2.30. The molecular formula is C64H109O11P. The van der Waals surface area contributed by atoms with Crippen molar-refractivity contribution in [2.45, 2.75) is 264 Å². The first kappa shape index (κ1) is 72.4. The zero-order chi connectivity index (χ0) is 55.5. The van der Waals surface area contributed by atoms with Crippen LogP contribution in [0.25, 0.3) is 0 Å². The van der Waals surface area contributed by atoms with E-state index in [4.69, 9.17) is 23.3 Å². The second-order valence-corrected chi connectivity index (χ2v) is 21.2. The molecule has 0 bridgehead atoms. The quantitative estimate of drug-likeness (QED) is 0.0197. The summed E-state index contributed by atoms with van der Waals surface area (Å²) in [5.41, 5.74) is 0. The molecule has 0 aromatic heterocycles. The number of carbonyl (C=O) groups excluding carboxylic acids is 3. The first-order chi connectivity index (χ1) is 37.2. The van der Waals surface area contributed by atoms with Crippen LogP contribution in [0.2, 0.25) is 0 Å². The van der Waals surface area contributed by atoms with Crippen molar-refractivity contribution in [2.24, 2.45) is 0 Å². The van der Waals surface area contributed by atoms with E-state index in [9.17, 15) is 28.9 Å². The van der Waals surface area contributed by atoms with Gasteiger partial charge in [0, 0.05) is 19.3 Å². The number of unbranched alkanes of at least 4 members (excludes halogenated alkanes) is 22. The van der Waals surface area contributed by atoms with Gasteiger partial charge in [0.1, 0.15) is 12.7 Å². The summed E-state index contributed by atoms with van der Waals surface area (Å²) < 4.78 is 39.5. The van der Waals surface area contributed by atoms with Crippen LogP contribution in [0.4, 0.5) is 0 Å². The van der Waals surface area contributed by atoms with E-state index in [0.717, 1.165) is 109 Å². The van der Waals surface area contributed by atoms with Crippen LogP contribution in [0.5, 0.6) is 0 Å². The number of ether oxygens (including phenoxy) is 3. The van der Waals surface area contributed by atoms with Gasteiger partial charge in [-0.2, -0.15) is 0 Å². The van der Waals surface area contributed by atoms with Gasteiger partial charge >= 0.3 is 25.7 Å². The third-order valence-corrected chi connectivity index (χ3v) is 13.5. The van der Waals surface area contributed by atoms with Gasteiger partial charge in [-0.05, 0) is 83.5 Å². The average Bonchev–Trinajstić information content (AvgIpc) is 3.41. The molecule has 0 aliphatic rings. The number of allylic oxidation sites excluding steroid dienone is 16. The van der Waals surface area contributed by atoms with E-state index >= 15 is 0 Å². The van der Waals surface area contributed by atoms with Crippen LogP contribution in [0, 0.1) is 0 Å². The lowest BCUT2D eigenvalue weighted by Gasteiger charge is -2.21. The molecule has 0 spiro atoms. The molecule has 2 N–H and O–H groups in total. The zero-order valence-electron chi connectivity index (χ0n) is 48.2. The summed E-state index contributed by atoms with van der Waals surface area (Å²) in [7, 11) is -4.77. The highest BCUT2D eigenvalue weighted by molar-refractivity contribution is 7.47. The fraction of sp³-hybridized carbons (Fsp3) is 0.703. The highest BCUT2D eigenvalue weighted by Crippen LogP contribution is 2.43. The smallest absolute Gasteiger partial charge is 0.462 e. The third kappa shape index (κ3) is 55.2. The van der Waals surface area contributed by atoms with Crippen LogP contribution < -0.4 is 0 Å². The number of aliphatic hydroxyl groups excluding tert-OH is 1. The number of hydrogen-bond acceptors (Lipinski definition) is 10. The zero-order valence-corrected chi connectivity index (χ0v) is 49.1. The highest BCUT2D eigenvalue weighted by atomic mass is 31.2. The minimum Gasteiger partial charge on any atom is -0.462 e. The minimum absolute atomic E-state index is 0.0521. The molecule has 436 valence electrons. The van der Waals surface area contributed by atoms with Gasteiger partial charge in [0.15, 0.2) is 6.10 Å². The summed E-state index contributed by atoms with van der Waals surface area (Å²) in [4.78, 5) is 48.6. The molecule has 0 heterocycles. The molecule has 0 rings (SSSR count). The maximum atomic E-state index is 12.9. The van der Waals surface area contributed by atoms with Crippen molar-refractivity contribution in [3.8, 4) is 0 Å². The average molecular weight is 1090 g/mol. The van der Waals surface area contributed by atoms with Crippen molar-refractivity contribution in [3.05, 3.63) is 97.2 Å². The summed E-state index contributed by atoms with van der Waals surface area (Å²) >= 11 is 0. The molecule has 0 aromatic rings. The number of esters is 3. The standard InChI is InChI=1S/C64H109O11P/c1-4-7-10-13-16-19-22-25-27-29-30-32-34-37-40-43-46-49-52-55-64(68)75-61(57-71-62(66)53-50-47-44-41-38-36-33-31-28-26-23-20-17-14-11-8-5-2)59-73-76(69,70)72-58-60(56-65)74-63(67)54-51-48-45-42-39-35-24-21-18-15-12-9-6-3/h7,9-10,12,16,18-19,21,25,27,30,32,35,39,45,48,60-61,65H,4-6,8,11,13-15,17,20,22-24,26,28-29,31,33-34,36-38,40-44,46-47,49-59H2,1-3H3,(H,69,70)/b10-7-,12-9-,19-16-,21-18-,27-25-,32-30-,39-35-,48-45-. The van der Waals surface area contributed by atoms with Crippen LogP contribution in [-0.4, -0.2) is 66.5 Å². The van der Waals surface area contributed by atoms with Crippen LogP contribution in [0.15, 0.2) is 97.2 Å². The van der Waals surface area contributed by atoms with Gasteiger partial charge in [0.05, 0.1) is 19.8 Å². The Hall–Kier alpha value is -3.60. The van der Waals surface area contributed by atoms with Gasteiger partial charge in [-0.3, -0.25) is 23.4 Å². The summed E-state index contributed by atoms with van der Waals surface area (Å²) in [6, 6.07) is 0. The Kier molecular flexibility index (Phi) is 54.8. The summed E-state index contributed by atoms with van der Waals surface area (Å²) in [6.07, 6.45) is 68.1. The Morgan fingerprint density at radius 3 is 1.13 bits per heavy atom. The Morgan fingerprint density at radius 2 is 0.711 bits per heavy atom.